The van der Waals surface area contributed by atoms with Gasteiger partial charge in [-0.25, -0.2) is 0 Å². The lowest BCUT2D eigenvalue weighted by molar-refractivity contribution is -0.0534. The smallest absolute Gasteiger partial charge is 0.143 e. The summed E-state index contributed by atoms with van der Waals surface area (Å²) in [5, 5.41) is 11.6. The molecule has 0 bridgehead atoms. The van der Waals surface area contributed by atoms with Crippen LogP contribution in [0.3, 0.4) is 0 Å². The highest BCUT2D eigenvalue weighted by molar-refractivity contribution is 5.82. The summed E-state index contributed by atoms with van der Waals surface area (Å²) in [7, 11) is 0. The SMILES string of the molecule is CC(CN1CCOCC1(C)C)/C(N)=N/O. The molecule has 1 saturated heterocycles. The van der Waals surface area contributed by atoms with Crippen LogP contribution in [-0.4, -0.2) is 47.8 Å². The molecule has 0 spiro atoms. The van der Waals surface area contributed by atoms with Crippen LogP contribution in [0.15, 0.2) is 5.16 Å². The molecule has 1 aliphatic heterocycles. The van der Waals surface area contributed by atoms with Crippen LogP contribution in [0.25, 0.3) is 0 Å². The average molecular weight is 215 g/mol. The molecule has 15 heavy (non-hydrogen) atoms. The van der Waals surface area contributed by atoms with Crippen molar-refractivity contribution in [2.75, 3.05) is 26.3 Å². The Morgan fingerprint density at radius 1 is 1.67 bits per heavy atom. The van der Waals surface area contributed by atoms with E-state index in [1.54, 1.807) is 0 Å². The van der Waals surface area contributed by atoms with Gasteiger partial charge in [0.05, 0.1) is 13.2 Å². The van der Waals surface area contributed by atoms with Crippen molar-refractivity contribution in [3.63, 3.8) is 0 Å². The molecule has 5 nitrogen and oxygen atoms in total. The molecule has 0 radical (unpaired) electrons. The summed E-state index contributed by atoms with van der Waals surface area (Å²) >= 11 is 0. The third-order valence-corrected chi connectivity index (χ3v) is 2.93. The molecule has 0 amide bonds. The van der Waals surface area contributed by atoms with E-state index in [0.29, 0.717) is 0 Å². The first-order chi connectivity index (χ1) is 6.97. The molecular weight excluding hydrogens is 194 g/mol. The van der Waals surface area contributed by atoms with Crippen molar-refractivity contribution < 1.29 is 9.94 Å². The van der Waals surface area contributed by atoms with Gasteiger partial charge in [-0.2, -0.15) is 0 Å². The lowest BCUT2D eigenvalue weighted by Gasteiger charge is -2.43. The Kier molecular flexibility index (Phi) is 3.93. The highest BCUT2D eigenvalue weighted by Gasteiger charge is 2.31. The van der Waals surface area contributed by atoms with Crippen molar-refractivity contribution in [2.24, 2.45) is 16.8 Å². The largest absolute Gasteiger partial charge is 0.409 e. The van der Waals surface area contributed by atoms with Gasteiger partial charge in [-0.05, 0) is 13.8 Å². The van der Waals surface area contributed by atoms with Gasteiger partial charge in [-0.15, -0.1) is 0 Å². The molecule has 3 N–H and O–H groups in total. The van der Waals surface area contributed by atoms with Gasteiger partial charge in [0.15, 0.2) is 0 Å². The molecule has 0 aromatic heterocycles. The number of amidine groups is 1. The fourth-order valence-electron chi connectivity index (χ4n) is 1.75. The molecule has 0 aromatic rings. The fraction of sp³-hybridized carbons (Fsp3) is 0.900. The van der Waals surface area contributed by atoms with E-state index in [4.69, 9.17) is 15.7 Å². The van der Waals surface area contributed by atoms with Crippen LogP contribution in [0.1, 0.15) is 20.8 Å². The van der Waals surface area contributed by atoms with Crippen LogP contribution in [0.4, 0.5) is 0 Å². The van der Waals surface area contributed by atoms with E-state index in [-0.39, 0.29) is 17.3 Å². The maximum atomic E-state index is 8.58. The standard InChI is InChI=1S/C10H21N3O2/c1-8(9(11)12-14)6-13-4-5-15-7-10(13,2)3/h8,14H,4-7H2,1-3H3,(H2,11,12). The van der Waals surface area contributed by atoms with Gasteiger partial charge in [0.2, 0.25) is 0 Å². The Bertz CT molecular complexity index is 241. The third-order valence-electron chi connectivity index (χ3n) is 2.93. The zero-order chi connectivity index (χ0) is 11.5. The molecule has 1 rings (SSSR count). The van der Waals surface area contributed by atoms with Crippen molar-refractivity contribution in [1.82, 2.24) is 4.90 Å². The summed E-state index contributed by atoms with van der Waals surface area (Å²) in [6, 6.07) is 0. The number of oxime groups is 1. The van der Waals surface area contributed by atoms with Crippen LogP contribution >= 0.6 is 0 Å². The van der Waals surface area contributed by atoms with Crippen LogP contribution in [0.2, 0.25) is 0 Å². The number of nitrogens with two attached hydrogens (primary N) is 1. The second-order valence-corrected chi connectivity index (χ2v) is 4.74. The van der Waals surface area contributed by atoms with Crippen LogP contribution in [-0.2, 0) is 4.74 Å². The van der Waals surface area contributed by atoms with Crippen molar-refractivity contribution in [1.29, 1.82) is 0 Å². The first-order valence-electron chi connectivity index (χ1n) is 5.27. The fourth-order valence-corrected chi connectivity index (χ4v) is 1.75. The molecule has 1 aliphatic rings. The van der Waals surface area contributed by atoms with Gasteiger partial charge < -0.3 is 15.7 Å². The topological polar surface area (TPSA) is 71.1 Å². The predicted octanol–water partition coefficient (Wildman–Crippen LogP) is 0.480. The summed E-state index contributed by atoms with van der Waals surface area (Å²) in [5.74, 6) is 0.352. The van der Waals surface area contributed by atoms with Crippen molar-refractivity contribution >= 4 is 5.84 Å². The summed E-state index contributed by atoms with van der Waals surface area (Å²) in [6.45, 7) is 9.43. The van der Waals surface area contributed by atoms with Crippen LogP contribution in [0.5, 0.6) is 0 Å². The second-order valence-electron chi connectivity index (χ2n) is 4.74. The molecule has 0 aromatic carbocycles. The van der Waals surface area contributed by atoms with Gasteiger partial charge in [-0.1, -0.05) is 12.1 Å². The first kappa shape index (κ1) is 12.3. The molecule has 1 unspecified atom stereocenters. The second kappa shape index (κ2) is 4.81. The zero-order valence-electron chi connectivity index (χ0n) is 9.73. The van der Waals surface area contributed by atoms with Gasteiger partial charge in [0.25, 0.3) is 0 Å². The minimum Gasteiger partial charge on any atom is -0.409 e. The molecule has 0 saturated carbocycles. The number of hydrogen-bond acceptors (Lipinski definition) is 4. The van der Waals surface area contributed by atoms with E-state index in [1.807, 2.05) is 6.92 Å². The first-order valence-corrected chi connectivity index (χ1v) is 5.27. The zero-order valence-corrected chi connectivity index (χ0v) is 9.73. The quantitative estimate of drug-likeness (QED) is 0.311. The van der Waals surface area contributed by atoms with Gasteiger partial charge in [-0.3, -0.25) is 4.90 Å². The number of nitrogens with zero attached hydrogens (tertiary/aromatic N) is 2. The van der Waals surface area contributed by atoms with Gasteiger partial charge in [0, 0.05) is 24.5 Å². The van der Waals surface area contributed by atoms with Gasteiger partial charge >= 0.3 is 0 Å². The predicted molar refractivity (Wildman–Crippen MR) is 59.0 cm³/mol. The Hall–Kier alpha value is -0.810. The molecular formula is C10H21N3O2. The number of rotatable bonds is 3. The van der Waals surface area contributed by atoms with Crippen molar-refractivity contribution in [2.45, 2.75) is 26.3 Å². The van der Waals surface area contributed by atoms with E-state index in [1.165, 1.54) is 0 Å². The monoisotopic (exact) mass is 215 g/mol. The summed E-state index contributed by atoms with van der Waals surface area (Å²) in [4.78, 5) is 2.32. The maximum absolute atomic E-state index is 8.58. The van der Waals surface area contributed by atoms with Crippen molar-refractivity contribution in [3.05, 3.63) is 0 Å². The summed E-state index contributed by atoms with van der Waals surface area (Å²) < 4.78 is 5.43. The number of ether oxygens (including phenoxy) is 1. The summed E-state index contributed by atoms with van der Waals surface area (Å²) in [5.41, 5.74) is 5.59. The van der Waals surface area contributed by atoms with Gasteiger partial charge in [0.1, 0.15) is 5.84 Å². The molecule has 1 heterocycles. The maximum Gasteiger partial charge on any atom is 0.143 e. The molecule has 88 valence electrons. The highest BCUT2D eigenvalue weighted by atomic mass is 16.5. The lowest BCUT2D eigenvalue weighted by Crippen LogP contribution is -2.55. The lowest BCUT2D eigenvalue weighted by atomic mass is 10.00. The highest BCUT2D eigenvalue weighted by Crippen LogP contribution is 2.20. The van der Waals surface area contributed by atoms with E-state index in [2.05, 4.69) is 23.9 Å². The van der Waals surface area contributed by atoms with Crippen LogP contribution < -0.4 is 5.73 Å². The molecule has 1 fully saturated rings. The number of morpholine rings is 1. The molecule has 0 aliphatic carbocycles. The van der Waals surface area contributed by atoms with Crippen LogP contribution in [0, 0.1) is 5.92 Å². The Morgan fingerprint density at radius 3 is 2.87 bits per heavy atom. The van der Waals surface area contributed by atoms with E-state index in [0.717, 1.165) is 26.3 Å². The van der Waals surface area contributed by atoms with Crippen molar-refractivity contribution in [3.8, 4) is 0 Å². The normalized spacial score (nSPS) is 25.1. The summed E-state index contributed by atoms with van der Waals surface area (Å²) in [6.07, 6.45) is 0. The number of hydrogen-bond donors (Lipinski definition) is 2. The minimum atomic E-state index is 0.0300. The molecule has 1 atom stereocenters. The Balaban J connectivity index is 2.56. The Labute approximate surface area is 90.9 Å². The third kappa shape index (κ3) is 3.07. The Morgan fingerprint density at radius 2 is 2.33 bits per heavy atom. The average Bonchev–Trinajstić information content (AvgIpc) is 2.19. The molecule has 5 heteroatoms. The van der Waals surface area contributed by atoms with E-state index >= 15 is 0 Å². The van der Waals surface area contributed by atoms with E-state index < -0.39 is 0 Å². The van der Waals surface area contributed by atoms with E-state index in [9.17, 15) is 0 Å². The minimum absolute atomic E-state index is 0.0300.